The minimum atomic E-state index is -1.30. The number of thiophene rings is 1. The number of urea groups is 2. The molecular formula is C23H24N8O8S3. The van der Waals surface area contributed by atoms with Gasteiger partial charge >= 0.3 is 23.9 Å². The predicted octanol–water partition coefficient (Wildman–Crippen LogP) is -0.403. The van der Waals surface area contributed by atoms with Crippen molar-refractivity contribution in [1.29, 1.82) is 0 Å². The summed E-state index contributed by atoms with van der Waals surface area (Å²) >= 11 is 3.64. The van der Waals surface area contributed by atoms with Gasteiger partial charge in [-0.15, -0.1) is 23.1 Å². The summed E-state index contributed by atoms with van der Waals surface area (Å²) in [6.45, 7) is 0.613. The molecule has 222 valence electrons. The monoisotopic (exact) mass is 636 g/mol. The molecule has 0 saturated carbocycles. The number of aromatic nitrogens is 2. The maximum absolute atomic E-state index is 13.3. The molecule has 0 aromatic carbocycles. The second-order valence-electron chi connectivity index (χ2n) is 8.95. The number of carboxylic acid groups (broad SMARTS) is 1. The van der Waals surface area contributed by atoms with Gasteiger partial charge in [0.05, 0.1) is 19.7 Å². The zero-order chi connectivity index (χ0) is 30.0. The van der Waals surface area contributed by atoms with Crippen molar-refractivity contribution in [1.82, 2.24) is 36.4 Å². The molecule has 3 aliphatic rings. The number of hydrogen-bond acceptors (Lipinski definition) is 11. The summed E-state index contributed by atoms with van der Waals surface area (Å²) in [4.78, 5) is 65.0. The van der Waals surface area contributed by atoms with E-state index in [-0.39, 0.29) is 29.6 Å². The maximum Gasteiger partial charge on any atom is 0.405 e. The second kappa shape index (κ2) is 12.3. The van der Waals surface area contributed by atoms with Gasteiger partial charge in [0.15, 0.2) is 5.03 Å². The largest absolute Gasteiger partial charge is 0.591 e. The number of hydrazine groups is 1. The van der Waals surface area contributed by atoms with E-state index in [1.165, 1.54) is 36.3 Å². The number of carbonyl (C=O) groups excluding carboxylic acids is 4. The van der Waals surface area contributed by atoms with Gasteiger partial charge in [-0.1, -0.05) is 17.8 Å². The van der Waals surface area contributed by atoms with Gasteiger partial charge in [0.25, 0.3) is 5.91 Å². The Kier molecular flexibility index (Phi) is 8.59. The number of methoxy groups -OCH3 is 1. The third-order valence-corrected chi connectivity index (χ3v) is 9.64. The van der Waals surface area contributed by atoms with E-state index in [4.69, 9.17) is 4.74 Å². The molecule has 5 N–H and O–H groups in total. The molecule has 6 amide bonds. The highest BCUT2D eigenvalue weighted by Crippen LogP contribution is 2.41. The van der Waals surface area contributed by atoms with Gasteiger partial charge in [-0.05, 0) is 27.9 Å². The van der Waals surface area contributed by atoms with Crippen molar-refractivity contribution < 1.29 is 38.7 Å². The van der Waals surface area contributed by atoms with Gasteiger partial charge in [-0.2, -0.15) is 0 Å². The van der Waals surface area contributed by atoms with Crippen LogP contribution >= 0.6 is 34.9 Å². The second-order valence-corrected chi connectivity index (χ2v) is 12.0. The summed E-state index contributed by atoms with van der Waals surface area (Å²) in [5, 5.41) is 35.8. The van der Waals surface area contributed by atoms with Gasteiger partial charge in [0, 0.05) is 28.0 Å². The van der Waals surface area contributed by atoms with E-state index in [0.29, 0.717) is 26.9 Å². The Labute approximate surface area is 250 Å². The van der Waals surface area contributed by atoms with Crippen molar-refractivity contribution in [2.45, 2.75) is 22.5 Å². The first-order valence-corrected chi connectivity index (χ1v) is 15.2. The van der Waals surface area contributed by atoms with E-state index in [2.05, 4.69) is 26.5 Å². The number of rotatable bonds is 10. The fraction of sp³-hybridized carbons (Fsp3) is 0.348. The molecule has 16 nitrogen and oxygen atoms in total. The fourth-order valence-corrected chi connectivity index (χ4v) is 7.48. The summed E-state index contributed by atoms with van der Waals surface area (Å²) in [6, 6.07) is 2.88. The van der Waals surface area contributed by atoms with Crippen LogP contribution in [-0.4, -0.2) is 93.1 Å². The van der Waals surface area contributed by atoms with Crippen LogP contribution in [0.15, 0.2) is 45.9 Å². The number of amides is 6. The van der Waals surface area contributed by atoms with Crippen molar-refractivity contribution >= 4 is 64.7 Å². The summed E-state index contributed by atoms with van der Waals surface area (Å²) < 4.78 is 4.89. The van der Waals surface area contributed by atoms with Gasteiger partial charge in [0.2, 0.25) is 5.91 Å². The molecule has 2 aromatic rings. The first kappa shape index (κ1) is 29.3. The van der Waals surface area contributed by atoms with E-state index in [1.54, 1.807) is 23.6 Å². The molecule has 2 unspecified atom stereocenters. The summed E-state index contributed by atoms with van der Waals surface area (Å²) in [7, 11) is 1.34. The molecule has 0 aliphatic carbocycles. The highest BCUT2D eigenvalue weighted by molar-refractivity contribution is 8.01. The number of nitrogens with one attached hydrogen (secondary N) is 4. The highest BCUT2D eigenvalue weighted by Gasteiger charge is 2.54. The Bertz CT molecular complexity index is 1460. The summed E-state index contributed by atoms with van der Waals surface area (Å²) in [5.41, 5.74) is 2.66. The van der Waals surface area contributed by atoms with Gasteiger partial charge in [0.1, 0.15) is 23.2 Å². The van der Waals surface area contributed by atoms with E-state index >= 15 is 0 Å². The Balaban J connectivity index is 1.26. The van der Waals surface area contributed by atoms with Crippen LogP contribution in [0.2, 0.25) is 0 Å². The number of β-lactam (4-membered cyclic amide) rings is 1. The number of carboxylic acids is 1. The molecule has 5 heterocycles. The van der Waals surface area contributed by atoms with E-state index in [0.717, 1.165) is 21.7 Å². The zero-order valence-corrected chi connectivity index (χ0v) is 24.2. The third kappa shape index (κ3) is 5.88. The predicted molar refractivity (Wildman–Crippen MR) is 149 cm³/mol. The van der Waals surface area contributed by atoms with Gasteiger partial charge in [-0.3, -0.25) is 14.5 Å². The smallest absolute Gasteiger partial charge is 0.405 e. The lowest BCUT2D eigenvalue weighted by atomic mass is 10.0. The lowest BCUT2D eigenvalue weighted by molar-refractivity contribution is -0.678. The van der Waals surface area contributed by atoms with Crippen LogP contribution in [0.25, 0.3) is 0 Å². The van der Waals surface area contributed by atoms with Crippen LogP contribution in [0, 0.1) is 5.21 Å². The summed E-state index contributed by atoms with van der Waals surface area (Å²) in [6.07, 6.45) is 0. The molecule has 5 rings (SSSR count). The average molecular weight is 637 g/mol. The number of carbonyl (C=O) groups is 5. The lowest BCUT2D eigenvalue weighted by Crippen LogP contribution is -2.71. The molecule has 3 aliphatic heterocycles. The van der Waals surface area contributed by atoms with Crippen molar-refractivity contribution in [2.24, 2.45) is 0 Å². The number of thioether (sulfide) groups is 2. The zero-order valence-electron chi connectivity index (χ0n) is 21.8. The van der Waals surface area contributed by atoms with Crippen molar-refractivity contribution in [3.05, 3.63) is 51.0 Å². The van der Waals surface area contributed by atoms with E-state index in [1.807, 2.05) is 0 Å². The maximum atomic E-state index is 13.3. The molecule has 2 fully saturated rings. The van der Waals surface area contributed by atoms with Crippen LogP contribution in [0.5, 0.6) is 5.88 Å². The number of aliphatic carboxylic acids is 1. The van der Waals surface area contributed by atoms with Gasteiger partial charge in [-0.25, -0.2) is 24.8 Å². The van der Waals surface area contributed by atoms with Crippen molar-refractivity contribution in [2.75, 3.05) is 31.7 Å². The molecule has 0 spiro atoms. The van der Waals surface area contributed by atoms with E-state index < -0.39 is 47.3 Å². The number of hydrogen-bond donors (Lipinski definition) is 5. The normalized spacial score (nSPS) is 20.3. The van der Waals surface area contributed by atoms with Crippen molar-refractivity contribution in [3.63, 3.8) is 0 Å². The number of fused-ring (bicyclic) bond motifs is 1. The Hall–Kier alpha value is -4.23. The van der Waals surface area contributed by atoms with Crippen LogP contribution in [0.4, 0.5) is 9.59 Å². The number of ether oxygens (including phenoxy) is 1. The number of nitrogens with zero attached hydrogens (tertiary/aromatic N) is 4. The molecule has 0 radical (unpaired) electrons. The van der Waals surface area contributed by atoms with Crippen LogP contribution in [-0.2, 0) is 14.4 Å². The Morgan fingerprint density at radius 1 is 1.33 bits per heavy atom. The van der Waals surface area contributed by atoms with Crippen molar-refractivity contribution in [3.8, 4) is 5.88 Å². The fourth-order valence-electron chi connectivity index (χ4n) is 4.38. The van der Waals surface area contributed by atoms with Crippen LogP contribution < -0.4 is 31.0 Å². The average Bonchev–Trinajstić information content (AvgIpc) is 3.65. The van der Waals surface area contributed by atoms with E-state index in [9.17, 15) is 34.3 Å². The van der Waals surface area contributed by atoms with Crippen LogP contribution in [0.3, 0.4) is 0 Å². The quantitative estimate of drug-likeness (QED) is 0.0980. The molecule has 19 heteroatoms. The molecule has 3 atom stereocenters. The minimum Gasteiger partial charge on any atom is -0.591 e. The highest BCUT2D eigenvalue weighted by atomic mass is 32.2. The summed E-state index contributed by atoms with van der Waals surface area (Å²) in [5.74, 6) is -2.14. The molecule has 0 bridgehead atoms. The molecule has 2 aromatic heterocycles. The third-order valence-electron chi connectivity index (χ3n) is 6.36. The molecule has 2 saturated heterocycles. The van der Waals surface area contributed by atoms with Crippen LogP contribution in [0.1, 0.15) is 10.9 Å². The molecule has 42 heavy (non-hydrogen) atoms. The first-order valence-electron chi connectivity index (χ1n) is 12.3. The minimum absolute atomic E-state index is 0.0104. The lowest BCUT2D eigenvalue weighted by Gasteiger charge is -2.49. The standard InChI is InChI=1S/C23H24N8O8S3/c1-39-14-5-4-13(27-31(14)38)41-9-11-10-42-20-16(19(33)30(20)17(11)21(34)35)25-18(32)15(12-3-2-8-40-12)26-22(36)28-29-7-6-24-23(29)37/h2-5,8,15-16,20H,6-7,9-10H2,1H3,(H,24,37)(H,25,32)(H,34,35)(H2,26,28,36)/t15?,16-,20?/m0/s1. The van der Waals surface area contributed by atoms with Gasteiger partial charge < -0.3 is 31.0 Å². The first-order chi connectivity index (χ1) is 20.2. The SMILES string of the molecule is COc1ccc(SCC2=C(C(=O)O)N3C(=O)[C@H](NC(=O)C(NC(=O)NN4CCNC4=O)c4cccs4)C3SC2)n[n+]1[O-]. The Morgan fingerprint density at radius 3 is 2.79 bits per heavy atom. The topological polar surface area (TPSA) is 209 Å². The Morgan fingerprint density at radius 2 is 2.14 bits per heavy atom. The molecular weight excluding hydrogens is 613 g/mol.